The van der Waals surface area contributed by atoms with Crippen molar-refractivity contribution in [2.75, 3.05) is 31.1 Å². The van der Waals surface area contributed by atoms with Gasteiger partial charge in [0.1, 0.15) is 11.4 Å². The number of nitrogens with zero attached hydrogens (tertiary/aromatic N) is 3. The van der Waals surface area contributed by atoms with Crippen molar-refractivity contribution < 1.29 is 14.3 Å². The Kier molecular flexibility index (Phi) is 6.79. The van der Waals surface area contributed by atoms with Crippen LogP contribution >= 0.6 is 12.4 Å². The molecule has 0 atom stereocenters. The van der Waals surface area contributed by atoms with E-state index >= 15 is 4.39 Å². The maximum Gasteiger partial charge on any atom is 0.341 e. The summed E-state index contributed by atoms with van der Waals surface area (Å²) in [5.41, 5.74) is 4.65. The van der Waals surface area contributed by atoms with Crippen molar-refractivity contribution >= 4 is 35.0 Å². The minimum atomic E-state index is -1.27. The van der Waals surface area contributed by atoms with Gasteiger partial charge in [0.25, 0.3) is 0 Å². The maximum absolute atomic E-state index is 15.2. The Morgan fingerprint density at radius 2 is 1.81 bits per heavy atom. The molecule has 3 aromatic rings. The van der Waals surface area contributed by atoms with Gasteiger partial charge >= 0.3 is 5.97 Å². The standard InChI is InChI=1S/C28H30FN3O3.ClH/c29-24-14-22-25(32(20-8-9-20)17-23(27(22)33)28(34)35)15-26(24)31-12-10-30(11-13-31)16-19-6-3-5-18-4-1-2-7-21(18)19;/h3,5-6,14-15,17,20H,1-2,4,7-13,16H2,(H,34,35);1H. The normalized spacial score (nSPS) is 18.1. The highest BCUT2D eigenvalue weighted by Crippen LogP contribution is 2.38. The zero-order valence-electron chi connectivity index (χ0n) is 20.2. The van der Waals surface area contributed by atoms with Crippen molar-refractivity contribution in [2.24, 2.45) is 0 Å². The molecular weight excluding hydrogens is 481 g/mol. The Morgan fingerprint density at radius 3 is 2.53 bits per heavy atom. The summed E-state index contributed by atoms with van der Waals surface area (Å²) >= 11 is 0. The fourth-order valence-electron chi connectivity index (χ4n) is 5.80. The van der Waals surface area contributed by atoms with Crippen LogP contribution in [0.2, 0.25) is 0 Å². The number of carboxylic acid groups (broad SMARTS) is 1. The summed E-state index contributed by atoms with van der Waals surface area (Å²) in [6, 6.07) is 9.85. The quantitative estimate of drug-likeness (QED) is 0.533. The second kappa shape index (κ2) is 9.87. The Bertz CT molecular complexity index is 1380. The smallest absolute Gasteiger partial charge is 0.341 e. The number of aromatic carboxylic acids is 1. The van der Waals surface area contributed by atoms with E-state index in [0.717, 1.165) is 32.5 Å². The summed E-state index contributed by atoms with van der Waals surface area (Å²) < 4.78 is 17.1. The fraction of sp³-hybridized carbons (Fsp3) is 0.429. The SMILES string of the molecule is Cl.O=C(O)c1cn(C2CC2)c2cc(N3CCN(Cc4cccc5c4CCCC5)CC3)c(F)cc2c1=O. The average molecular weight is 512 g/mol. The van der Waals surface area contributed by atoms with Gasteiger partial charge in [-0.3, -0.25) is 9.69 Å². The van der Waals surface area contributed by atoms with Gasteiger partial charge in [-0.25, -0.2) is 9.18 Å². The number of benzene rings is 2. The van der Waals surface area contributed by atoms with E-state index in [1.165, 1.54) is 54.6 Å². The van der Waals surface area contributed by atoms with Gasteiger partial charge in [-0.1, -0.05) is 18.2 Å². The molecule has 6 rings (SSSR count). The minimum Gasteiger partial charge on any atom is -0.477 e. The number of fused-ring (bicyclic) bond motifs is 2. The summed E-state index contributed by atoms with van der Waals surface area (Å²) in [6.45, 7) is 4.02. The van der Waals surface area contributed by atoms with Gasteiger partial charge in [0.2, 0.25) is 5.43 Å². The van der Waals surface area contributed by atoms with Crippen LogP contribution in [0, 0.1) is 5.82 Å². The highest BCUT2D eigenvalue weighted by atomic mass is 35.5. The minimum absolute atomic E-state index is 0. The predicted molar refractivity (Wildman–Crippen MR) is 141 cm³/mol. The molecule has 0 radical (unpaired) electrons. The molecule has 1 N–H and O–H groups in total. The van der Waals surface area contributed by atoms with Gasteiger partial charge in [-0.15, -0.1) is 12.4 Å². The molecule has 8 heteroatoms. The van der Waals surface area contributed by atoms with Crippen LogP contribution in [0.5, 0.6) is 0 Å². The Labute approximate surface area is 215 Å². The second-order valence-corrected chi connectivity index (χ2v) is 10.2. The van der Waals surface area contributed by atoms with Crippen LogP contribution < -0.4 is 10.3 Å². The van der Waals surface area contributed by atoms with Gasteiger partial charge in [0.05, 0.1) is 11.2 Å². The van der Waals surface area contributed by atoms with Gasteiger partial charge in [0.15, 0.2) is 0 Å². The second-order valence-electron chi connectivity index (χ2n) is 10.2. The van der Waals surface area contributed by atoms with Crippen LogP contribution in [0.15, 0.2) is 41.3 Å². The summed E-state index contributed by atoms with van der Waals surface area (Å²) in [4.78, 5) is 28.8. The van der Waals surface area contributed by atoms with Crippen molar-refractivity contribution in [1.29, 1.82) is 0 Å². The van der Waals surface area contributed by atoms with E-state index in [9.17, 15) is 14.7 Å². The molecule has 1 aromatic heterocycles. The van der Waals surface area contributed by atoms with Crippen molar-refractivity contribution in [3.63, 3.8) is 0 Å². The third-order valence-corrected chi connectivity index (χ3v) is 7.87. The van der Waals surface area contributed by atoms with Crippen LogP contribution in [-0.2, 0) is 19.4 Å². The zero-order valence-corrected chi connectivity index (χ0v) is 21.0. The van der Waals surface area contributed by atoms with E-state index in [2.05, 4.69) is 28.0 Å². The summed E-state index contributed by atoms with van der Waals surface area (Å²) in [6.07, 6.45) is 8.19. The number of pyridine rings is 1. The fourth-order valence-corrected chi connectivity index (χ4v) is 5.80. The number of anilines is 1. The number of halogens is 2. The zero-order chi connectivity index (χ0) is 24.1. The number of rotatable bonds is 5. The van der Waals surface area contributed by atoms with E-state index in [-0.39, 0.29) is 29.4 Å². The van der Waals surface area contributed by atoms with Crippen LogP contribution in [0.1, 0.15) is 58.8 Å². The number of piperazine rings is 1. The first kappa shape index (κ1) is 24.8. The Balaban J connectivity index is 0.00000267. The molecule has 190 valence electrons. The van der Waals surface area contributed by atoms with Gasteiger partial charge in [0, 0.05) is 50.3 Å². The van der Waals surface area contributed by atoms with E-state index in [0.29, 0.717) is 24.3 Å². The topological polar surface area (TPSA) is 65.8 Å². The number of aromatic nitrogens is 1. The van der Waals surface area contributed by atoms with Crippen LogP contribution in [0.4, 0.5) is 10.1 Å². The Morgan fingerprint density at radius 1 is 1.06 bits per heavy atom. The molecule has 1 aliphatic heterocycles. The molecule has 0 spiro atoms. The van der Waals surface area contributed by atoms with Crippen molar-refractivity contribution in [3.05, 3.63) is 74.8 Å². The number of carbonyl (C=O) groups is 1. The van der Waals surface area contributed by atoms with Gasteiger partial charge in [-0.2, -0.15) is 0 Å². The lowest BCUT2D eigenvalue weighted by atomic mass is 9.88. The molecular formula is C28H31ClFN3O3. The average Bonchev–Trinajstić information content (AvgIpc) is 3.70. The molecule has 2 aromatic carbocycles. The lowest BCUT2D eigenvalue weighted by Gasteiger charge is -2.37. The third kappa shape index (κ3) is 4.50. The molecule has 3 aliphatic rings. The Hall–Kier alpha value is -2.90. The molecule has 6 nitrogen and oxygen atoms in total. The van der Waals surface area contributed by atoms with Crippen molar-refractivity contribution in [3.8, 4) is 0 Å². The molecule has 0 amide bonds. The van der Waals surface area contributed by atoms with E-state index < -0.39 is 17.2 Å². The predicted octanol–water partition coefficient (Wildman–Crippen LogP) is 4.80. The highest BCUT2D eigenvalue weighted by Gasteiger charge is 2.28. The van der Waals surface area contributed by atoms with E-state index in [1.54, 1.807) is 6.07 Å². The lowest BCUT2D eigenvalue weighted by Crippen LogP contribution is -2.46. The molecule has 0 unspecified atom stereocenters. The van der Waals surface area contributed by atoms with Crippen LogP contribution in [-0.4, -0.2) is 46.7 Å². The largest absolute Gasteiger partial charge is 0.477 e. The van der Waals surface area contributed by atoms with E-state index in [4.69, 9.17) is 0 Å². The van der Waals surface area contributed by atoms with Crippen LogP contribution in [0.3, 0.4) is 0 Å². The number of carboxylic acids is 1. The van der Waals surface area contributed by atoms with Crippen molar-refractivity contribution in [2.45, 2.75) is 51.1 Å². The number of hydrogen-bond acceptors (Lipinski definition) is 4. The third-order valence-electron chi connectivity index (χ3n) is 7.87. The highest BCUT2D eigenvalue weighted by molar-refractivity contribution is 5.93. The van der Waals surface area contributed by atoms with Crippen LogP contribution in [0.25, 0.3) is 10.9 Å². The maximum atomic E-state index is 15.2. The first-order chi connectivity index (χ1) is 17.0. The van der Waals surface area contributed by atoms with E-state index in [1.807, 2.05) is 4.57 Å². The monoisotopic (exact) mass is 511 g/mol. The summed E-state index contributed by atoms with van der Waals surface area (Å²) in [5, 5.41) is 9.60. The number of hydrogen-bond donors (Lipinski definition) is 1. The molecule has 1 saturated carbocycles. The lowest BCUT2D eigenvalue weighted by molar-refractivity contribution is 0.0695. The molecule has 2 fully saturated rings. The summed E-state index contributed by atoms with van der Waals surface area (Å²) in [7, 11) is 0. The van der Waals surface area contributed by atoms with Crippen molar-refractivity contribution in [1.82, 2.24) is 9.47 Å². The molecule has 1 saturated heterocycles. The summed E-state index contributed by atoms with van der Waals surface area (Å²) in [5.74, 6) is -1.74. The van der Waals surface area contributed by atoms with Gasteiger partial charge in [-0.05, 0) is 67.3 Å². The first-order valence-electron chi connectivity index (χ1n) is 12.7. The molecule has 2 aliphatic carbocycles. The first-order valence-corrected chi connectivity index (χ1v) is 12.7. The molecule has 2 heterocycles. The number of aryl methyl sites for hydroxylation is 1. The molecule has 0 bridgehead atoms. The molecule has 36 heavy (non-hydrogen) atoms. The van der Waals surface area contributed by atoms with Gasteiger partial charge < -0.3 is 14.6 Å².